The van der Waals surface area contributed by atoms with Crippen molar-refractivity contribution >= 4 is 5.97 Å². The van der Waals surface area contributed by atoms with Gasteiger partial charge in [-0.15, -0.1) is 0 Å². The molecule has 0 saturated carbocycles. The Morgan fingerprint density at radius 2 is 2.08 bits per heavy atom. The summed E-state index contributed by atoms with van der Waals surface area (Å²) in [6, 6.07) is 0. The van der Waals surface area contributed by atoms with Crippen molar-refractivity contribution < 1.29 is 9.90 Å². The van der Waals surface area contributed by atoms with Gasteiger partial charge in [-0.05, 0) is 58.1 Å². The van der Waals surface area contributed by atoms with E-state index >= 15 is 0 Å². The highest BCUT2D eigenvalue weighted by molar-refractivity contribution is 5.81. The summed E-state index contributed by atoms with van der Waals surface area (Å²) in [6.07, 6.45) is 20.4. The van der Waals surface area contributed by atoms with Crippen molar-refractivity contribution in [3.05, 3.63) is 77.5 Å². The molecule has 0 unspecified atom stereocenters. The molecule has 0 aliphatic heterocycles. The third-order valence-electron chi connectivity index (χ3n) is 4.91. The van der Waals surface area contributed by atoms with Crippen LogP contribution in [0, 0.1) is 0 Å². The van der Waals surface area contributed by atoms with Crippen LogP contribution in [0.5, 0.6) is 0 Å². The van der Waals surface area contributed by atoms with Crippen molar-refractivity contribution in [1.29, 1.82) is 0 Å². The van der Waals surface area contributed by atoms with Crippen molar-refractivity contribution in [2.45, 2.75) is 52.5 Å². The van der Waals surface area contributed by atoms with E-state index in [1.807, 2.05) is 37.8 Å². The molecule has 1 atom stereocenters. The molecule has 0 spiro atoms. The van der Waals surface area contributed by atoms with Crippen LogP contribution in [0.2, 0.25) is 0 Å². The summed E-state index contributed by atoms with van der Waals surface area (Å²) in [7, 11) is 0. The molecular formula is C22H28N2O2. The minimum atomic E-state index is -0.925. The number of hydrogen-bond acceptors (Lipinski definition) is 2. The van der Waals surface area contributed by atoms with Crippen LogP contribution in [0.1, 0.15) is 47.0 Å². The Morgan fingerprint density at radius 1 is 1.31 bits per heavy atom. The summed E-state index contributed by atoms with van der Waals surface area (Å²) >= 11 is 0. The van der Waals surface area contributed by atoms with Crippen LogP contribution >= 0.6 is 0 Å². The highest BCUT2D eigenvalue weighted by atomic mass is 16.4. The molecule has 0 aromatic carbocycles. The van der Waals surface area contributed by atoms with Gasteiger partial charge in [0.05, 0.1) is 11.9 Å². The Hall–Kier alpha value is -2.62. The first kappa shape index (κ1) is 19.7. The normalized spacial score (nSPS) is 22.6. The summed E-state index contributed by atoms with van der Waals surface area (Å²) in [5.41, 5.74) is 4.53. The molecule has 138 valence electrons. The molecule has 1 aromatic rings. The lowest BCUT2D eigenvalue weighted by atomic mass is 9.77. The molecular weight excluding hydrogens is 324 g/mol. The second-order valence-electron chi connectivity index (χ2n) is 7.12. The second-order valence-corrected chi connectivity index (χ2v) is 7.12. The second kappa shape index (κ2) is 8.65. The largest absolute Gasteiger partial charge is 0.478 e. The molecule has 4 heteroatoms. The molecule has 0 fully saturated rings. The van der Waals surface area contributed by atoms with E-state index in [0.717, 1.165) is 18.4 Å². The fraction of sp³-hybridized carbons (Fsp3) is 0.364. The van der Waals surface area contributed by atoms with Gasteiger partial charge in [0, 0.05) is 18.5 Å². The first-order valence-corrected chi connectivity index (χ1v) is 8.96. The van der Waals surface area contributed by atoms with E-state index in [1.54, 1.807) is 13.0 Å². The summed E-state index contributed by atoms with van der Waals surface area (Å²) in [4.78, 5) is 14.8. The molecule has 26 heavy (non-hydrogen) atoms. The van der Waals surface area contributed by atoms with Gasteiger partial charge in [0.25, 0.3) is 0 Å². The van der Waals surface area contributed by atoms with Crippen molar-refractivity contribution in [1.82, 2.24) is 9.55 Å². The maximum atomic E-state index is 10.6. The quantitative estimate of drug-likeness (QED) is 0.566. The van der Waals surface area contributed by atoms with Crippen LogP contribution in [-0.2, 0) is 10.3 Å². The van der Waals surface area contributed by atoms with Gasteiger partial charge in [0.2, 0.25) is 0 Å². The number of aliphatic carboxylic acids is 1. The Morgan fingerprint density at radius 3 is 2.73 bits per heavy atom. The molecule has 1 aliphatic carbocycles. The number of aromatic nitrogens is 2. The number of carbonyl (C=O) groups is 1. The van der Waals surface area contributed by atoms with Crippen LogP contribution in [0.15, 0.2) is 77.5 Å². The van der Waals surface area contributed by atoms with Gasteiger partial charge in [-0.3, -0.25) is 0 Å². The zero-order valence-electron chi connectivity index (χ0n) is 16.1. The van der Waals surface area contributed by atoms with E-state index in [4.69, 9.17) is 5.11 Å². The standard InChI is InChI=1S/C22H28N2O2/c1-17(7-5-8-18(2)15-21(25)26)10-11-20-19(3)9-6-12-22(20,4)24-14-13-23-16-24/h5,7-8,10-11,13-16H,6,9,12H2,1-4H3,(H,25,26)/b8-5+,11-10+,17-7+,18-15+/t22-/m1/s1. The topological polar surface area (TPSA) is 55.1 Å². The van der Waals surface area contributed by atoms with Crippen molar-refractivity contribution in [2.24, 2.45) is 0 Å². The Kier molecular flexibility index (Phi) is 6.56. The monoisotopic (exact) mass is 352 g/mol. The molecule has 1 heterocycles. The van der Waals surface area contributed by atoms with Gasteiger partial charge in [0.1, 0.15) is 0 Å². The van der Waals surface area contributed by atoms with E-state index in [9.17, 15) is 4.79 Å². The summed E-state index contributed by atoms with van der Waals surface area (Å²) < 4.78 is 2.20. The van der Waals surface area contributed by atoms with Crippen molar-refractivity contribution in [2.75, 3.05) is 0 Å². The van der Waals surface area contributed by atoms with E-state index in [2.05, 4.69) is 35.6 Å². The first-order valence-electron chi connectivity index (χ1n) is 8.96. The average molecular weight is 352 g/mol. The van der Waals surface area contributed by atoms with Crippen LogP contribution in [0.4, 0.5) is 0 Å². The number of carboxylic acid groups (broad SMARTS) is 1. The molecule has 1 aromatic heterocycles. The van der Waals surface area contributed by atoms with Crippen LogP contribution in [0.3, 0.4) is 0 Å². The summed E-state index contributed by atoms with van der Waals surface area (Å²) in [6.45, 7) is 8.31. The number of imidazole rings is 1. The van der Waals surface area contributed by atoms with Gasteiger partial charge in [-0.2, -0.15) is 0 Å². The summed E-state index contributed by atoms with van der Waals surface area (Å²) in [5, 5.41) is 8.72. The molecule has 1 aliphatic rings. The van der Waals surface area contributed by atoms with Gasteiger partial charge in [0.15, 0.2) is 0 Å². The van der Waals surface area contributed by atoms with Crippen LogP contribution < -0.4 is 0 Å². The molecule has 0 bridgehead atoms. The Labute approximate surface area is 156 Å². The highest BCUT2D eigenvalue weighted by Gasteiger charge is 2.33. The predicted octanol–water partition coefficient (Wildman–Crippen LogP) is 5.19. The van der Waals surface area contributed by atoms with E-state index in [1.165, 1.54) is 23.6 Å². The van der Waals surface area contributed by atoms with E-state index in [0.29, 0.717) is 5.57 Å². The lowest BCUT2D eigenvalue weighted by Gasteiger charge is -2.37. The smallest absolute Gasteiger partial charge is 0.328 e. The average Bonchev–Trinajstić information content (AvgIpc) is 3.09. The minimum absolute atomic E-state index is 0.0632. The first-order chi connectivity index (χ1) is 12.3. The number of hydrogen-bond donors (Lipinski definition) is 1. The van der Waals surface area contributed by atoms with Crippen LogP contribution in [0.25, 0.3) is 0 Å². The maximum Gasteiger partial charge on any atom is 0.328 e. The lowest BCUT2D eigenvalue weighted by Crippen LogP contribution is -2.33. The fourth-order valence-electron chi connectivity index (χ4n) is 3.43. The van der Waals surface area contributed by atoms with Crippen molar-refractivity contribution in [3.63, 3.8) is 0 Å². The maximum absolute atomic E-state index is 10.6. The zero-order chi connectivity index (χ0) is 19.2. The van der Waals surface area contributed by atoms with Crippen molar-refractivity contribution in [3.8, 4) is 0 Å². The van der Waals surface area contributed by atoms with Gasteiger partial charge < -0.3 is 9.67 Å². The highest BCUT2D eigenvalue weighted by Crippen LogP contribution is 2.39. The predicted molar refractivity (Wildman–Crippen MR) is 106 cm³/mol. The number of allylic oxidation sites excluding steroid dienone is 9. The van der Waals surface area contributed by atoms with E-state index in [-0.39, 0.29) is 5.54 Å². The zero-order valence-corrected chi connectivity index (χ0v) is 16.1. The number of carboxylic acids is 1. The third-order valence-corrected chi connectivity index (χ3v) is 4.91. The SMILES string of the molecule is CC1=C(/C=C/C(C)=C/C=C/C(C)=C/C(=O)O)[C@](C)(n2ccnc2)CCC1. The van der Waals surface area contributed by atoms with E-state index < -0.39 is 5.97 Å². The third kappa shape index (κ3) is 4.94. The Bertz CT molecular complexity index is 792. The molecule has 4 nitrogen and oxygen atoms in total. The lowest BCUT2D eigenvalue weighted by molar-refractivity contribution is -0.131. The van der Waals surface area contributed by atoms with Gasteiger partial charge in [-0.1, -0.05) is 41.5 Å². The number of rotatable bonds is 6. The fourth-order valence-corrected chi connectivity index (χ4v) is 3.43. The molecule has 0 amide bonds. The molecule has 1 N–H and O–H groups in total. The molecule has 2 rings (SSSR count). The summed E-state index contributed by atoms with van der Waals surface area (Å²) in [5.74, 6) is -0.925. The van der Waals surface area contributed by atoms with Crippen LogP contribution in [-0.4, -0.2) is 20.6 Å². The minimum Gasteiger partial charge on any atom is -0.478 e. The van der Waals surface area contributed by atoms with Gasteiger partial charge >= 0.3 is 5.97 Å². The Balaban J connectivity index is 2.20. The molecule has 0 radical (unpaired) electrons. The number of nitrogens with zero attached hydrogens (tertiary/aromatic N) is 2. The molecule has 0 saturated heterocycles. The van der Waals surface area contributed by atoms with Gasteiger partial charge in [-0.25, -0.2) is 9.78 Å².